The minimum atomic E-state index is -3.46. The van der Waals surface area contributed by atoms with Crippen LogP contribution in [0.2, 0.25) is 0 Å². The number of Topliss-reactive ketones (excluding diaryl/α,β-unsaturated/α-hetero) is 1. The van der Waals surface area contributed by atoms with Gasteiger partial charge in [0.25, 0.3) is 0 Å². The molecule has 1 atom stereocenters. The number of carbonyl (C=O) groups is 1. The van der Waals surface area contributed by atoms with Crippen LogP contribution in [0.4, 0.5) is 0 Å². The lowest BCUT2D eigenvalue weighted by molar-refractivity contribution is 0.0872. The molecule has 1 heterocycles. The minimum Gasteiger partial charge on any atom is -0.497 e. The van der Waals surface area contributed by atoms with Crippen molar-refractivity contribution in [1.29, 1.82) is 0 Å². The number of ether oxygens (including phenoxy) is 1. The molecule has 0 aliphatic carbocycles. The molecule has 2 aromatic rings. The van der Waals surface area contributed by atoms with Crippen molar-refractivity contribution >= 4 is 15.8 Å². The lowest BCUT2D eigenvalue weighted by atomic mass is 9.91. The zero-order valence-electron chi connectivity index (χ0n) is 15.7. The van der Waals surface area contributed by atoms with Crippen LogP contribution in [0, 0.1) is 12.8 Å². The standard InChI is InChI=1S/C21H25NO4S/c1-16-6-3-4-7-19(16)15-27(24,25)22-13-5-8-18(14-22)21(23)17-9-11-20(26-2)12-10-17/h3-4,6-7,9-12,18H,5,8,13-15H2,1-2H3. The molecule has 0 saturated carbocycles. The quantitative estimate of drug-likeness (QED) is 0.713. The molecular weight excluding hydrogens is 362 g/mol. The second-order valence-corrected chi connectivity index (χ2v) is 8.94. The highest BCUT2D eigenvalue weighted by atomic mass is 32.2. The number of hydrogen-bond donors (Lipinski definition) is 0. The fourth-order valence-corrected chi connectivity index (χ4v) is 5.17. The summed E-state index contributed by atoms with van der Waals surface area (Å²) in [6, 6.07) is 14.5. The summed E-state index contributed by atoms with van der Waals surface area (Å²) in [7, 11) is -1.88. The smallest absolute Gasteiger partial charge is 0.218 e. The Hall–Kier alpha value is -2.18. The fourth-order valence-electron chi connectivity index (χ4n) is 3.46. The van der Waals surface area contributed by atoms with Crippen LogP contribution in [-0.4, -0.2) is 38.7 Å². The van der Waals surface area contributed by atoms with Gasteiger partial charge in [-0.2, -0.15) is 0 Å². The van der Waals surface area contributed by atoms with E-state index in [-0.39, 0.29) is 24.0 Å². The maximum atomic E-state index is 12.9. The molecule has 0 bridgehead atoms. The highest BCUT2D eigenvalue weighted by molar-refractivity contribution is 7.88. The van der Waals surface area contributed by atoms with E-state index >= 15 is 0 Å². The van der Waals surface area contributed by atoms with Crippen LogP contribution >= 0.6 is 0 Å². The highest BCUT2D eigenvalue weighted by Gasteiger charge is 2.32. The van der Waals surface area contributed by atoms with Gasteiger partial charge >= 0.3 is 0 Å². The van der Waals surface area contributed by atoms with Crippen molar-refractivity contribution in [3.63, 3.8) is 0 Å². The summed E-state index contributed by atoms with van der Waals surface area (Å²) in [6.45, 7) is 2.64. The maximum absolute atomic E-state index is 12.9. The van der Waals surface area contributed by atoms with E-state index in [1.54, 1.807) is 31.4 Å². The summed E-state index contributed by atoms with van der Waals surface area (Å²) in [5.74, 6) is 0.355. The van der Waals surface area contributed by atoms with E-state index in [1.165, 1.54) is 4.31 Å². The molecule has 0 radical (unpaired) electrons. The summed E-state index contributed by atoms with van der Waals surface area (Å²) in [5, 5.41) is 0. The molecular formula is C21H25NO4S. The number of benzene rings is 2. The van der Waals surface area contributed by atoms with Crippen LogP contribution in [0.1, 0.15) is 34.3 Å². The van der Waals surface area contributed by atoms with E-state index in [2.05, 4.69) is 0 Å². The van der Waals surface area contributed by atoms with E-state index in [0.717, 1.165) is 11.1 Å². The Bertz CT molecular complexity index is 906. The molecule has 5 nitrogen and oxygen atoms in total. The first-order valence-corrected chi connectivity index (χ1v) is 10.7. The first kappa shape index (κ1) is 19.6. The second-order valence-electron chi connectivity index (χ2n) is 6.97. The van der Waals surface area contributed by atoms with Gasteiger partial charge in [-0.3, -0.25) is 4.79 Å². The molecule has 3 rings (SSSR count). The largest absolute Gasteiger partial charge is 0.497 e. The van der Waals surface area contributed by atoms with E-state index in [1.807, 2.05) is 31.2 Å². The summed E-state index contributed by atoms with van der Waals surface area (Å²) in [4.78, 5) is 12.8. The van der Waals surface area contributed by atoms with Gasteiger partial charge in [0, 0.05) is 24.6 Å². The number of ketones is 1. The number of nitrogens with zero attached hydrogens (tertiary/aromatic N) is 1. The second kappa shape index (κ2) is 8.23. The van der Waals surface area contributed by atoms with Gasteiger partial charge in [0.05, 0.1) is 12.9 Å². The molecule has 1 aliphatic rings. The van der Waals surface area contributed by atoms with Crippen LogP contribution in [-0.2, 0) is 15.8 Å². The third-order valence-corrected chi connectivity index (χ3v) is 6.92. The first-order valence-electron chi connectivity index (χ1n) is 9.11. The maximum Gasteiger partial charge on any atom is 0.218 e. The molecule has 1 aliphatic heterocycles. The Kier molecular flexibility index (Phi) is 5.97. The van der Waals surface area contributed by atoms with Gasteiger partial charge < -0.3 is 4.74 Å². The number of carbonyl (C=O) groups excluding carboxylic acids is 1. The van der Waals surface area contributed by atoms with Gasteiger partial charge in [-0.05, 0) is 55.2 Å². The normalized spacial score (nSPS) is 18.2. The molecule has 27 heavy (non-hydrogen) atoms. The number of aryl methyl sites for hydroxylation is 1. The predicted molar refractivity (Wildman–Crippen MR) is 105 cm³/mol. The van der Waals surface area contributed by atoms with E-state index in [4.69, 9.17) is 4.74 Å². The average Bonchev–Trinajstić information content (AvgIpc) is 2.69. The van der Waals surface area contributed by atoms with Crippen LogP contribution in [0.25, 0.3) is 0 Å². The van der Waals surface area contributed by atoms with Crippen molar-refractivity contribution in [3.8, 4) is 5.75 Å². The van der Waals surface area contributed by atoms with Crippen molar-refractivity contribution in [3.05, 3.63) is 65.2 Å². The predicted octanol–water partition coefficient (Wildman–Crippen LogP) is 3.43. The van der Waals surface area contributed by atoms with Gasteiger partial charge in [0.2, 0.25) is 10.0 Å². The zero-order valence-corrected chi connectivity index (χ0v) is 16.5. The summed E-state index contributed by atoms with van der Waals surface area (Å²) < 4.78 is 32.4. The topological polar surface area (TPSA) is 63.7 Å². The van der Waals surface area contributed by atoms with Crippen molar-refractivity contribution in [2.75, 3.05) is 20.2 Å². The lowest BCUT2D eigenvalue weighted by Crippen LogP contribution is -2.42. The number of hydrogen-bond acceptors (Lipinski definition) is 4. The minimum absolute atomic E-state index is 0.00607. The molecule has 2 aromatic carbocycles. The zero-order chi connectivity index (χ0) is 19.4. The van der Waals surface area contributed by atoms with Gasteiger partial charge in [-0.25, -0.2) is 12.7 Å². The Morgan fingerprint density at radius 2 is 1.85 bits per heavy atom. The molecule has 0 spiro atoms. The first-order chi connectivity index (χ1) is 12.9. The van der Waals surface area contributed by atoms with Gasteiger partial charge in [-0.1, -0.05) is 24.3 Å². The van der Waals surface area contributed by atoms with Crippen LogP contribution in [0.3, 0.4) is 0 Å². The van der Waals surface area contributed by atoms with Crippen molar-refractivity contribution in [2.24, 2.45) is 5.92 Å². The third-order valence-electron chi connectivity index (χ3n) is 5.12. The monoisotopic (exact) mass is 387 g/mol. The molecule has 0 amide bonds. The molecule has 1 unspecified atom stereocenters. The molecule has 6 heteroatoms. The van der Waals surface area contributed by atoms with Crippen LogP contribution in [0.15, 0.2) is 48.5 Å². The third kappa shape index (κ3) is 4.57. The molecule has 1 fully saturated rings. The van der Waals surface area contributed by atoms with E-state index in [9.17, 15) is 13.2 Å². The van der Waals surface area contributed by atoms with Gasteiger partial charge in [-0.15, -0.1) is 0 Å². The Morgan fingerprint density at radius 1 is 1.15 bits per heavy atom. The van der Waals surface area contributed by atoms with E-state index < -0.39 is 10.0 Å². The van der Waals surface area contributed by atoms with Gasteiger partial charge in [0.1, 0.15) is 5.75 Å². The number of sulfonamides is 1. The number of methoxy groups -OCH3 is 1. The van der Waals surface area contributed by atoms with Crippen molar-refractivity contribution < 1.29 is 17.9 Å². The average molecular weight is 388 g/mol. The van der Waals surface area contributed by atoms with Crippen LogP contribution < -0.4 is 4.74 Å². The molecule has 144 valence electrons. The summed E-state index contributed by atoms with van der Waals surface area (Å²) in [5.41, 5.74) is 2.36. The Labute approximate surface area is 161 Å². The lowest BCUT2D eigenvalue weighted by Gasteiger charge is -2.31. The van der Waals surface area contributed by atoms with Gasteiger partial charge in [0.15, 0.2) is 5.78 Å². The molecule has 0 aromatic heterocycles. The Morgan fingerprint density at radius 3 is 2.52 bits per heavy atom. The van der Waals surface area contributed by atoms with Crippen LogP contribution in [0.5, 0.6) is 5.75 Å². The van der Waals surface area contributed by atoms with Crippen molar-refractivity contribution in [2.45, 2.75) is 25.5 Å². The number of piperidine rings is 1. The summed E-state index contributed by atoms with van der Waals surface area (Å²) in [6.07, 6.45) is 1.40. The SMILES string of the molecule is COc1ccc(C(=O)C2CCCN(S(=O)(=O)Cc3ccccc3C)C2)cc1. The molecule has 1 saturated heterocycles. The highest BCUT2D eigenvalue weighted by Crippen LogP contribution is 2.25. The number of rotatable bonds is 6. The Balaban J connectivity index is 1.72. The summed E-state index contributed by atoms with van der Waals surface area (Å²) >= 11 is 0. The van der Waals surface area contributed by atoms with Crippen molar-refractivity contribution in [1.82, 2.24) is 4.31 Å². The molecule has 0 N–H and O–H groups in total. The van der Waals surface area contributed by atoms with E-state index in [0.29, 0.717) is 30.7 Å². The fraction of sp³-hybridized carbons (Fsp3) is 0.381.